The molecule has 0 radical (unpaired) electrons. The summed E-state index contributed by atoms with van der Waals surface area (Å²) < 4.78 is 5.28. The van der Waals surface area contributed by atoms with E-state index in [1.54, 1.807) is 7.11 Å². The lowest BCUT2D eigenvalue weighted by atomic mass is 9.77. The van der Waals surface area contributed by atoms with E-state index in [-0.39, 0.29) is 17.9 Å². The van der Waals surface area contributed by atoms with Crippen molar-refractivity contribution in [3.8, 4) is 5.75 Å². The molecule has 0 aliphatic carbocycles. The van der Waals surface area contributed by atoms with E-state index in [9.17, 15) is 4.79 Å². The summed E-state index contributed by atoms with van der Waals surface area (Å²) in [4.78, 5) is 17.1. The second-order valence-electron chi connectivity index (χ2n) is 7.55. The maximum Gasteiger partial charge on any atom is 0.223 e. The number of piperidine rings is 1. The molecule has 1 aromatic rings. The van der Waals surface area contributed by atoms with Crippen LogP contribution in [-0.2, 0) is 11.3 Å². The van der Waals surface area contributed by atoms with Crippen LogP contribution >= 0.6 is 0 Å². The number of nitrogens with zero attached hydrogens (tertiary/aromatic N) is 2. The van der Waals surface area contributed by atoms with E-state index >= 15 is 0 Å². The average Bonchev–Trinajstić information content (AvgIpc) is 2.92. The number of likely N-dealkylation sites (tertiary alicyclic amines) is 2. The minimum atomic E-state index is 0.170. The van der Waals surface area contributed by atoms with Gasteiger partial charge in [0, 0.05) is 26.1 Å². The van der Waals surface area contributed by atoms with Gasteiger partial charge in [-0.05, 0) is 68.4 Å². The maximum absolute atomic E-state index is 12.6. The summed E-state index contributed by atoms with van der Waals surface area (Å²) in [5.74, 6) is 1.13. The Balaban J connectivity index is 1.54. The van der Waals surface area contributed by atoms with E-state index in [0.29, 0.717) is 13.0 Å². The van der Waals surface area contributed by atoms with E-state index in [2.05, 4.69) is 11.0 Å². The molecule has 2 aliphatic heterocycles. The highest BCUT2D eigenvalue weighted by Crippen LogP contribution is 2.41. The van der Waals surface area contributed by atoms with Crippen molar-refractivity contribution >= 4 is 5.91 Å². The van der Waals surface area contributed by atoms with Crippen molar-refractivity contribution in [3.63, 3.8) is 0 Å². The van der Waals surface area contributed by atoms with Crippen molar-refractivity contribution in [3.05, 3.63) is 29.8 Å². The van der Waals surface area contributed by atoms with Gasteiger partial charge >= 0.3 is 0 Å². The van der Waals surface area contributed by atoms with Crippen LogP contribution in [0.25, 0.3) is 0 Å². The number of aliphatic hydroxyl groups is 1. The Morgan fingerprint density at radius 1 is 1.24 bits per heavy atom. The predicted octanol–water partition coefficient (Wildman–Crippen LogP) is 2.28. The Labute approximate surface area is 150 Å². The van der Waals surface area contributed by atoms with Crippen molar-refractivity contribution in [2.75, 3.05) is 39.9 Å². The van der Waals surface area contributed by atoms with Crippen LogP contribution in [0.2, 0.25) is 0 Å². The van der Waals surface area contributed by atoms with Gasteiger partial charge in [0.05, 0.1) is 7.11 Å². The molecule has 0 saturated carbocycles. The molecule has 0 bridgehead atoms. The fourth-order valence-corrected chi connectivity index (χ4v) is 4.15. The average molecular weight is 346 g/mol. The van der Waals surface area contributed by atoms with Gasteiger partial charge in [0.1, 0.15) is 5.75 Å². The molecule has 25 heavy (non-hydrogen) atoms. The highest BCUT2D eigenvalue weighted by atomic mass is 16.5. The van der Waals surface area contributed by atoms with Gasteiger partial charge in [-0.15, -0.1) is 0 Å². The Bertz CT molecular complexity index is 582. The van der Waals surface area contributed by atoms with Crippen LogP contribution in [0.5, 0.6) is 5.75 Å². The van der Waals surface area contributed by atoms with Crippen LogP contribution < -0.4 is 4.74 Å². The number of unbranched alkanes of at least 4 members (excludes halogenated alkanes) is 1. The maximum atomic E-state index is 12.6. The van der Waals surface area contributed by atoms with Gasteiger partial charge in [-0.2, -0.15) is 0 Å². The number of ether oxygens (including phenoxy) is 1. The van der Waals surface area contributed by atoms with E-state index in [1.807, 2.05) is 23.1 Å². The van der Waals surface area contributed by atoms with E-state index in [0.717, 1.165) is 63.2 Å². The van der Waals surface area contributed by atoms with Gasteiger partial charge in [0.25, 0.3) is 0 Å². The molecule has 2 aliphatic rings. The lowest BCUT2D eigenvalue weighted by Crippen LogP contribution is -2.41. The third-order valence-corrected chi connectivity index (χ3v) is 5.71. The third-order valence-electron chi connectivity index (χ3n) is 5.71. The molecule has 1 amide bonds. The first-order chi connectivity index (χ1) is 12.1. The van der Waals surface area contributed by atoms with E-state index in [4.69, 9.17) is 9.84 Å². The molecule has 2 fully saturated rings. The van der Waals surface area contributed by atoms with Crippen LogP contribution in [0.15, 0.2) is 24.3 Å². The molecule has 5 heteroatoms. The van der Waals surface area contributed by atoms with Crippen LogP contribution in [-0.4, -0.2) is 60.7 Å². The summed E-state index contributed by atoms with van der Waals surface area (Å²) in [6, 6.07) is 7.99. The molecular formula is C20H30N2O3. The van der Waals surface area contributed by atoms with E-state index < -0.39 is 0 Å². The zero-order valence-corrected chi connectivity index (χ0v) is 15.2. The Morgan fingerprint density at radius 3 is 2.76 bits per heavy atom. The molecule has 5 nitrogen and oxygen atoms in total. The smallest absolute Gasteiger partial charge is 0.223 e. The number of benzene rings is 1. The van der Waals surface area contributed by atoms with Crippen molar-refractivity contribution in [2.24, 2.45) is 5.41 Å². The largest absolute Gasteiger partial charge is 0.497 e. The molecule has 3 rings (SSSR count). The summed E-state index contributed by atoms with van der Waals surface area (Å²) in [6.07, 6.45) is 4.85. The lowest BCUT2D eigenvalue weighted by Gasteiger charge is -2.38. The SMILES string of the molecule is COc1cccc(CN2CC3(CCN(CCCCO)CC3)CC2=O)c1. The van der Waals surface area contributed by atoms with Gasteiger partial charge in [-0.1, -0.05) is 12.1 Å². The fraction of sp³-hybridized carbons (Fsp3) is 0.650. The molecule has 138 valence electrons. The number of aliphatic hydroxyl groups excluding tert-OH is 1. The molecule has 0 atom stereocenters. The first-order valence-corrected chi connectivity index (χ1v) is 9.38. The molecule has 1 N–H and O–H groups in total. The number of carbonyl (C=O) groups excluding carboxylic acids is 1. The second-order valence-corrected chi connectivity index (χ2v) is 7.55. The Kier molecular flexibility index (Phi) is 5.97. The van der Waals surface area contributed by atoms with Crippen molar-refractivity contribution in [1.29, 1.82) is 0 Å². The Hall–Kier alpha value is -1.59. The van der Waals surface area contributed by atoms with Gasteiger partial charge in [0.2, 0.25) is 5.91 Å². The number of hydrogen-bond donors (Lipinski definition) is 1. The van der Waals surface area contributed by atoms with Crippen LogP contribution in [0.4, 0.5) is 0 Å². The third kappa shape index (κ3) is 4.53. The topological polar surface area (TPSA) is 53.0 Å². The molecule has 2 heterocycles. The number of carbonyl (C=O) groups is 1. The zero-order valence-electron chi connectivity index (χ0n) is 15.2. The monoisotopic (exact) mass is 346 g/mol. The minimum absolute atomic E-state index is 0.170. The van der Waals surface area contributed by atoms with Crippen LogP contribution in [0.1, 0.15) is 37.7 Å². The highest BCUT2D eigenvalue weighted by molar-refractivity contribution is 5.79. The van der Waals surface area contributed by atoms with Gasteiger partial charge < -0.3 is 19.6 Å². The van der Waals surface area contributed by atoms with E-state index in [1.165, 1.54) is 0 Å². The molecule has 1 aromatic carbocycles. The summed E-state index contributed by atoms with van der Waals surface area (Å²) in [5.41, 5.74) is 1.30. The predicted molar refractivity (Wildman–Crippen MR) is 97.5 cm³/mol. The van der Waals surface area contributed by atoms with Crippen molar-refractivity contribution in [1.82, 2.24) is 9.80 Å². The van der Waals surface area contributed by atoms with Crippen LogP contribution in [0.3, 0.4) is 0 Å². The summed E-state index contributed by atoms with van der Waals surface area (Å²) in [6.45, 7) is 5.06. The quantitative estimate of drug-likeness (QED) is 0.770. The molecule has 1 spiro atoms. The Morgan fingerprint density at radius 2 is 2.04 bits per heavy atom. The number of methoxy groups -OCH3 is 1. The highest BCUT2D eigenvalue weighted by Gasteiger charge is 2.44. The first-order valence-electron chi connectivity index (χ1n) is 9.38. The normalized spacial score (nSPS) is 20.4. The lowest BCUT2D eigenvalue weighted by molar-refractivity contribution is -0.128. The zero-order chi connectivity index (χ0) is 17.7. The number of hydrogen-bond acceptors (Lipinski definition) is 4. The summed E-state index contributed by atoms with van der Waals surface area (Å²) in [7, 11) is 1.67. The molecule has 0 aromatic heterocycles. The summed E-state index contributed by atoms with van der Waals surface area (Å²) >= 11 is 0. The second kappa shape index (κ2) is 8.19. The first kappa shape index (κ1) is 18.2. The van der Waals surface area contributed by atoms with Crippen molar-refractivity contribution in [2.45, 2.75) is 38.6 Å². The number of rotatable bonds is 7. The van der Waals surface area contributed by atoms with Gasteiger partial charge in [-0.25, -0.2) is 0 Å². The van der Waals surface area contributed by atoms with Gasteiger partial charge in [0.15, 0.2) is 0 Å². The summed E-state index contributed by atoms with van der Waals surface area (Å²) in [5, 5.41) is 8.91. The van der Waals surface area contributed by atoms with Gasteiger partial charge in [-0.3, -0.25) is 4.79 Å². The van der Waals surface area contributed by atoms with Crippen molar-refractivity contribution < 1.29 is 14.6 Å². The molecule has 0 unspecified atom stereocenters. The fourth-order valence-electron chi connectivity index (χ4n) is 4.15. The number of amides is 1. The minimum Gasteiger partial charge on any atom is -0.497 e. The molecular weight excluding hydrogens is 316 g/mol. The standard InChI is InChI=1S/C20H30N2O3/c1-25-18-6-4-5-17(13-18)15-22-16-20(14-19(22)24)7-10-21(11-8-20)9-2-3-12-23/h4-6,13,23H,2-3,7-12,14-16H2,1H3. The molecule has 2 saturated heterocycles. The van der Waals surface area contributed by atoms with Crippen LogP contribution in [0, 0.1) is 5.41 Å².